The van der Waals surface area contributed by atoms with Gasteiger partial charge in [0, 0.05) is 12.7 Å². The summed E-state index contributed by atoms with van der Waals surface area (Å²) in [6.45, 7) is -2.18. The molecule has 0 saturated heterocycles. The lowest BCUT2D eigenvalue weighted by atomic mass is 10.0. The van der Waals surface area contributed by atoms with E-state index in [1.807, 2.05) is 5.32 Å². The number of nitrogens with two attached hydrogens (primary N) is 1. The molecule has 0 bridgehead atoms. The van der Waals surface area contributed by atoms with Crippen molar-refractivity contribution in [1.82, 2.24) is 15.1 Å². The van der Waals surface area contributed by atoms with Crippen LogP contribution in [0.5, 0.6) is 0 Å². The third-order valence-electron chi connectivity index (χ3n) is 3.34. The van der Waals surface area contributed by atoms with Gasteiger partial charge in [-0.15, -0.1) is 0 Å². The molecular weight excluding hydrogens is 332 g/mol. The van der Waals surface area contributed by atoms with Crippen molar-refractivity contribution >= 4 is 5.91 Å². The fourth-order valence-corrected chi connectivity index (χ4v) is 1.79. The van der Waals surface area contributed by atoms with E-state index in [9.17, 15) is 27.5 Å². The monoisotopic (exact) mass is 346 g/mol. The highest BCUT2D eigenvalue weighted by atomic mass is 19.4. The number of alkyl halides is 3. The fourth-order valence-electron chi connectivity index (χ4n) is 1.79. The van der Waals surface area contributed by atoms with E-state index in [0.717, 1.165) is 6.20 Å². The van der Waals surface area contributed by atoms with E-state index < -0.39 is 36.6 Å². The molecule has 0 spiro atoms. The minimum absolute atomic E-state index is 0.0270. The molecule has 1 aromatic carbocycles. The number of aromatic nitrogens is 2. The lowest BCUT2D eigenvalue weighted by Crippen LogP contribution is -2.58. The van der Waals surface area contributed by atoms with Crippen LogP contribution in [-0.4, -0.2) is 45.7 Å². The molecule has 1 amide bonds. The Morgan fingerprint density at radius 2 is 1.92 bits per heavy atom. The van der Waals surface area contributed by atoms with Crippen LogP contribution >= 0.6 is 0 Å². The number of carbonyl (C=O) groups is 1. The highest BCUT2D eigenvalue weighted by molar-refractivity contribution is 5.93. The molecule has 1 heterocycles. The molecule has 1 atom stereocenters. The van der Waals surface area contributed by atoms with E-state index in [1.165, 1.54) is 35.1 Å². The highest BCUT2D eigenvalue weighted by Crippen LogP contribution is 2.29. The van der Waals surface area contributed by atoms with Crippen LogP contribution in [-0.2, 0) is 0 Å². The Morgan fingerprint density at radius 1 is 1.29 bits per heavy atom. The molecule has 0 aliphatic heterocycles. The average Bonchev–Trinajstić information content (AvgIpc) is 3.02. The zero-order valence-corrected chi connectivity index (χ0v) is 12.2. The summed E-state index contributed by atoms with van der Waals surface area (Å²) in [6, 6.07) is 5.23. The van der Waals surface area contributed by atoms with Crippen molar-refractivity contribution in [2.45, 2.75) is 11.8 Å². The first-order valence-corrected chi connectivity index (χ1v) is 6.74. The van der Waals surface area contributed by atoms with Gasteiger partial charge in [-0.05, 0) is 24.3 Å². The number of nitrogens with zero attached hydrogens (tertiary/aromatic N) is 2. The molecule has 2 rings (SSSR count). The number of hydrogen-bond donors (Lipinski definition) is 3. The highest BCUT2D eigenvalue weighted by Gasteiger charge is 2.52. The second-order valence-electron chi connectivity index (χ2n) is 5.07. The Hall–Kier alpha value is -2.46. The first-order chi connectivity index (χ1) is 11.2. The molecule has 4 N–H and O–H groups in total. The predicted octanol–water partition coefficient (Wildman–Crippen LogP) is 0.993. The summed E-state index contributed by atoms with van der Waals surface area (Å²) in [6.07, 6.45) is -2.58. The van der Waals surface area contributed by atoms with Crippen molar-refractivity contribution in [2.24, 2.45) is 5.73 Å². The van der Waals surface area contributed by atoms with Gasteiger partial charge in [0.1, 0.15) is 5.82 Å². The van der Waals surface area contributed by atoms with Gasteiger partial charge in [-0.3, -0.25) is 4.79 Å². The van der Waals surface area contributed by atoms with Gasteiger partial charge >= 0.3 is 6.18 Å². The molecule has 10 heteroatoms. The molecule has 0 aliphatic carbocycles. The van der Waals surface area contributed by atoms with Crippen LogP contribution in [0.2, 0.25) is 0 Å². The normalized spacial score (nSPS) is 14.2. The van der Waals surface area contributed by atoms with Gasteiger partial charge in [-0.1, -0.05) is 0 Å². The summed E-state index contributed by atoms with van der Waals surface area (Å²) >= 11 is 0. The summed E-state index contributed by atoms with van der Waals surface area (Å²) in [4.78, 5) is 11.9. The maximum absolute atomic E-state index is 12.9. The van der Waals surface area contributed by atoms with Crippen LogP contribution in [0, 0.1) is 5.82 Å². The van der Waals surface area contributed by atoms with Crippen LogP contribution < -0.4 is 11.1 Å². The maximum Gasteiger partial charge on any atom is 0.420 e. The van der Waals surface area contributed by atoms with Gasteiger partial charge in [0.2, 0.25) is 0 Å². The lowest BCUT2D eigenvalue weighted by Gasteiger charge is -2.28. The van der Waals surface area contributed by atoms with Crippen molar-refractivity contribution in [3.8, 4) is 5.69 Å². The Bertz CT molecular complexity index is 714. The zero-order valence-electron chi connectivity index (χ0n) is 12.2. The largest absolute Gasteiger partial charge is 0.420 e. The van der Waals surface area contributed by atoms with Gasteiger partial charge in [0.15, 0.2) is 5.60 Å². The van der Waals surface area contributed by atoms with E-state index in [1.54, 1.807) is 0 Å². The van der Waals surface area contributed by atoms with Crippen LogP contribution in [0.3, 0.4) is 0 Å². The number of rotatable bonds is 5. The van der Waals surface area contributed by atoms with E-state index in [4.69, 9.17) is 5.73 Å². The Balaban J connectivity index is 2.07. The molecule has 1 unspecified atom stereocenters. The number of hydrogen-bond acceptors (Lipinski definition) is 4. The van der Waals surface area contributed by atoms with Crippen LogP contribution in [0.15, 0.2) is 36.7 Å². The van der Waals surface area contributed by atoms with E-state index in [0.29, 0.717) is 5.69 Å². The molecule has 6 nitrogen and oxygen atoms in total. The molecule has 0 aliphatic rings. The van der Waals surface area contributed by atoms with Gasteiger partial charge < -0.3 is 16.2 Å². The minimum Gasteiger partial charge on any atom is -0.378 e. The molecule has 1 aromatic heterocycles. The molecular formula is C14H14F4N4O2. The number of carbonyl (C=O) groups excluding carboxylic acids is 1. The minimum atomic E-state index is -4.98. The van der Waals surface area contributed by atoms with Crippen molar-refractivity contribution in [1.29, 1.82) is 0 Å². The SMILES string of the molecule is NCC(O)(CNC(=O)c1cnn(-c2ccc(F)cc2)c1)C(F)(F)F. The summed E-state index contributed by atoms with van der Waals surface area (Å²) < 4.78 is 52.2. The number of aliphatic hydroxyl groups is 1. The Morgan fingerprint density at radius 3 is 2.46 bits per heavy atom. The summed E-state index contributed by atoms with van der Waals surface area (Å²) in [5, 5.41) is 15.3. The van der Waals surface area contributed by atoms with Crippen molar-refractivity contribution in [3.63, 3.8) is 0 Å². The third kappa shape index (κ3) is 3.71. The van der Waals surface area contributed by atoms with Crippen molar-refractivity contribution in [2.75, 3.05) is 13.1 Å². The first-order valence-electron chi connectivity index (χ1n) is 6.74. The molecule has 2 aromatic rings. The van der Waals surface area contributed by atoms with Gasteiger partial charge in [-0.2, -0.15) is 18.3 Å². The van der Waals surface area contributed by atoms with Crippen LogP contribution in [0.4, 0.5) is 17.6 Å². The predicted molar refractivity (Wildman–Crippen MR) is 75.9 cm³/mol. The Labute approximate surface area is 133 Å². The third-order valence-corrected chi connectivity index (χ3v) is 3.34. The van der Waals surface area contributed by atoms with Crippen molar-refractivity contribution < 1.29 is 27.5 Å². The Kier molecular flexibility index (Phi) is 4.90. The smallest absolute Gasteiger partial charge is 0.378 e. The summed E-state index contributed by atoms with van der Waals surface area (Å²) in [5.41, 5.74) is 2.16. The molecule has 130 valence electrons. The maximum atomic E-state index is 12.9. The van der Waals surface area contributed by atoms with Gasteiger partial charge in [0.25, 0.3) is 5.91 Å². The molecule has 24 heavy (non-hydrogen) atoms. The van der Waals surface area contributed by atoms with Crippen LogP contribution in [0.1, 0.15) is 10.4 Å². The van der Waals surface area contributed by atoms with E-state index >= 15 is 0 Å². The standard InChI is InChI=1S/C14H14F4N4O2/c15-10-1-3-11(4-2-10)22-6-9(5-21-22)12(23)20-8-13(24,7-19)14(16,17)18/h1-6,24H,7-8,19H2,(H,20,23). The number of amides is 1. The fraction of sp³-hybridized carbons (Fsp3) is 0.286. The zero-order chi connectivity index (χ0) is 18.0. The van der Waals surface area contributed by atoms with Gasteiger partial charge in [-0.25, -0.2) is 9.07 Å². The second kappa shape index (κ2) is 6.57. The quantitative estimate of drug-likeness (QED) is 0.704. The summed E-state index contributed by atoms with van der Waals surface area (Å²) in [7, 11) is 0. The van der Waals surface area contributed by atoms with Crippen molar-refractivity contribution in [3.05, 3.63) is 48.0 Å². The van der Waals surface area contributed by atoms with Gasteiger partial charge in [0.05, 0.1) is 24.0 Å². The molecule has 0 fully saturated rings. The molecule has 0 saturated carbocycles. The average molecular weight is 346 g/mol. The number of nitrogens with one attached hydrogen (secondary N) is 1. The summed E-state index contributed by atoms with van der Waals surface area (Å²) in [5.74, 6) is -1.31. The molecule has 0 radical (unpaired) electrons. The lowest BCUT2D eigenvalue weighted by molar-refractivity contribution is -0.252. The van der Waals surface area contributed by atoms with E-state index in [-0.39, 0.29) is 5.56 Å². The second-order valence-corrected chi connectivity index (χ2v) is 5.07. The topological polar surface area (TPSA) is 93.2 Å². The number of halogens is 4. The van der Waals surface area contributed by atoms with Crippen LogP contribution in [0.25, 0.3) is 5.69 Å². The number of benzene rings is 1. The first kappa shape index (κ1) is 17.9. The van der Waals surface area contributed by atoms with E-state index in [2.05, 4.69) is 5.10 Å².